The van der Waals surface area contributed by atoms with Gasteiger partial charge in [-0.2, -0.15) is 5.26 Å². The van der Waals surface area contributed by atoms with Crippen LogP contribution in [0.15, 0.2) is 24.3 Å². The second-order valence-corrected chi connectivity index (χ2v) is 6.64. The highest BCUT2D eigenvalue weighted by atomic mass is 16.2. The van der Waals surface area contributed by atoms with Crippen molar-refractivity contribution in [3.05, 3.63) is 35.4 Å². The van der Waals surface area contributed by atoms with Crippen molar-refractivity contribution in [1.29, 1.82) is 5.26 Å². The number of benzene rings is 1. The summed E-state index contributed by atoms with van der Waals surface area (Å²) in [4.78, 5) is 27.3. The smallest absolute Gasteiger partial charge is 0.254 e. The van der Waals surface area contributed by atoms with Crippen molar-refractivity contribution in [3.8, 4) is 6.07 Å². The van der Waals surface area contributed by atoms with Gasteiger partial charge in [-0.05, 0) is 56.4 Å². The Morgan fingerprint density at radius 1 is 1.12 bits per heavy atom. The fourth-order valence-corrected chi connectivity index (χ4v) is 3.82. The van der Waals surface area contributed by atoms with Gasteiger partial charge in [-0.25, -0.2) is 0 Å². The zero-order valence-corrected chi connectivity index (χ0v) is 13.8. The van der Waals surface area contributed by atoms with Crippen LogP contribution < -0.4 is 5.32 Å². The third-order valence-electron chi connectivity index (χ3n) is 5.11. The van der Waals surface area contributed by atoms with Crippen LogP contribution in [-0.2, 0) is 4.79 Å². The standard InChI is InChI=1S/C19H23N3O2/c20-13-14-7-9-15(10-8-14)19(24)22-12-3-1-2-11-21-18(23)16-5-4-6-17(16)22/h7-10,16-17H,1-6,11-12H2,(H,21,23)/t16-,17+/m1/s1. The van der Waals surface area contributed by atoms with E-state index in [2.05, 4.69) is 11.4 Å². The molecule has 1 aliphatic carbocycles. The molecule has 0 bridgehead atoms. The number of nitriles is 1. The molecule has 1 aliphatic heterocycles. The van der Waals surface area contributed by atoms with Crippen molar-refractivity contribution in [3.63, 3.8) is 0 Å². The van der Waals surface area contributed by atoms with Crippen LogP contribution in [0, 0.1) is 17.2 Å². The molecule has 2 atom stereocenters. The van der Waals surface area contributed by atoms with Crippen LogP contribution in [0.2, 0.25) is 0 Å². The Morgan fingerprint density at radius 3 is 2.67 bits per heavy atom. The highest BCUT2D eigenvalue weighted by molar-refractivity contribution is 5.95. The maximum atomic E-state index is 13.0. The van der Waals surface area contributed by atoms with E-state index in [-0.39, 0.29) is 23.8 Å². The molecule has 1 N–H and O–H groups in total. The number of carbonyl (C=O) groups excluding carboxylic acids is 2. The molecule has 5 heteroatoms. The topological polar surface area (TPSA) is 73.2 Å². The Kier molecular flexibility index (Phi) is 5.14. The summed E-state index contributed by atoms with van der Waals surface area (Å²) in [6, 6.07) is 8.84. The number of hydrogen-bond donors (Lipinski definition) is 1. The summed E-state index contributed by atoms with van der Waals surface area (Å²) < 4.78 is 0. The van der Waals surface area contributed by atoms with E-state index in [4.69, 9.17) is 5.26 Å². The first-order chi connectivity index (χ1) is 11.7. The van der Waals surface area contributed by atoms with Gasteiger partial charge in [0, 0.05) is 24.7 Å². The van der Waals surface area contributed by atoms with Gasteiger partial charge in [0.1, 0.15) is 0 Å². The number of amides is 2. The van der Waals surface area contributed by atoms with Crippen LogP contribution in [0.4, 0.5) is 0 Å². The molecule has 1 saturated carbocycles. The van der Waals surface area contributed by atoms with E-state index in [0.717, 1.165) is 45.1 Å². The average molecular weight is 325 g/mol. The molecule has 0 aromatic heterocycles. The quantitative estimate of drug-likeness (QED) is 0.862. The van der Waals surface area contributed by atoms with E-state index < -0.39 is 0 Å². The minimum absolute atomic E-state index is 0.00811. The van der Waals surface area contributed by atoms with Gasteiger partial charge < -0.3 is 10.2 Å². The van der Waals surface area contributed by atoms with E-state index in [0.29, 0.717) is 17.7 Å². The van der Waals surface area contributed by atoms with Crippen LogP contribution in [0.3, 0.4) is 0 Å². The molecule has 2 fully saturated rings. The lowest BCUT2D eigenvalue weighted by Gasteiger charge is -2.33. The summed E-state index contributed by atoms with van der Waals surface area (Å²) in [5.74, 6) is -0.0211. The van der Waals surface area contributed by atoms with E-state index in [1.54, 1.807) is 24.3 Å². The number of nitrogens with one attached hydrogen (secondary N) is 1. The lowest BCUT2D eigenvalue weighted by molar-refractivity contribution is -0.126. The van der Waals surface area contributed by atoms with E-state index in [1.807, 2.05) is 4.90 Å². The summed E-state index contributed by atoms with van der Waals surface area (Å²) >= 11 is 0. The molecule has 24 heavy (non-hydrogen) atoms. The van der Waals surface area contributed by atoms with Gasteiger partial charge >= 0.3 is 0 Å². The zero-order valence-electron chi connectivity index (χ0n) is 13.8. The lowest BCUT2D eigenvalue weighted by atomic mass is 9.98. The predicted molar refractivity (Wildman–Crippen MR) is 90.2 cm³/mol. The number of nitrogens with zero attached hydrogens (tertiary/aromatic N) is 2. The molecule has 2 aliphatic rings. The minimum atomic E-state index is -0.0922. The van der Waals surface area contributed by atoms with Crippen LogP contribution in [-0.4, -0.2) is 35.8 Å². The van der Waals surface area contributed by atoms with Crippen molar-refractivity contribution >= 4 is 11.8 Å². The first-order valence-electron chi connectivity index (χ1n) is 8.79. The number of fused-ring (bicyclic) bond motifs is 1. The largest absolute Gasteiger partial charge is 0.356 e. The van der Waals surface area contributed by atoms with Gasteiger partial charge in [-0.1, -0.05) is 6.42 Å². The van der Waals surface area contributed by atoms with Gasteiger partial charge in [-0.15, -0.1) is 0 Å². The first-order valence-corrected chi connectivity index (χ1v) is 8.79. The van der Waals surface area contributed by atoms with E-state index >= 15 is 0 Å². The summed E-state index contributed by atoms with van der Waals surface area (Å²) in [5, 5.41) is 11.9. The number of rotatable bonds is 1. The van der Waals surface area contributed by atoms with E-state index in [1.165, 1.54) is 0 Å². The molecule has 3 rings (SSSR count). The summed E-state index contributed by atoms with van der Waals surface area (Å²) in [7, 11) is 0. The predicted octanol–water partition coefficient (Wildman–Crippen LogP) is 2.47. The Labute approximate surface area is 142 Å². The summed E-state index contributed by atoms with van der Waals surface area (Å²) in [5.41, 5.74) is 1.14. The third kappa shape index (κ3) is 3.43. The Hall–Kier alpha value is -2.35. The van der Waals surface area contributed by atoms with Gasteiger partial charge in [0.25, 0.3) is 5.91 Å². The number of carbonyl (C=O) groups is 2. The maximum Gasteiger partial charge on any atom is 0.254 e. The molecule has 1 saturated heterocycles. The van der Waals surface area contributed by atoms with Crippen LogP contribution in [0.5, 0.6) is 0 Å². The molecule has 1 aromatic rings. The van der Waals surface area contributed by atoms with Crippen molar-refractivity contribution in [2.45, 2.75) is 44.6 Å². The molecule has 1 heterocycles. The molecule has 0 unspecified atom stereocenters. The Bertz CT molecular complexity index is 648. The normalized spacial score (nSPS) is 24.6. The molecule has 1 aromatic carbocycles. The van der Waals surface area contributed by atoms with Crippen molar-refractivity contribution in [1.82, 2.24) is 10.2 Å². The first kappa shape index (κ1) is 16.5. The second kappa shape index (κ2) is 7.48. The molecule has 2 amide bonds. The highest BCUT2D eigenvalue weighted by Gasteiger charge is 2.39. The monoisotopic (exact) mass is 325 g/mol. The Morgan fingerprint density at radius 2 is 1.92 bits per heavy atom. The number of hydrogen-bond acceptors (Lipinski definition) is 3. The summed E-state index contributed by atoms with van der Waals surface area (Å²) in [6.07, 6.45) is 5.66. The fourth-order valence-electron chi connectivity index (χ4n) is 3.82. The third-order valence-corrected chi connectivity index (χ3v) is 5.11. The minimum Gasteiger partial charge on any atom is -0.356 e. The zero-order chi connectivity index (χ0) is 16.9. The van der Waals surface area contributed by atoms with Gasteiger partial charge in [0.2, 0.25) is 5.91 Å². The van der Waals surface area contributed by atoms with Crippen molar-refractivity contribution in [2.75, 3.05) is 13.1 Å². The van der Waals surface area contributed by atoms with Gasteiger partial charge in [0.05, 0.1) is 17.6 Å². The average Bonchev–Trinajstić information content (AvgIpc) is 3.10. The van der Waals surface area contributed by atoms with Gasteiger partial charge in [-0.3, -0.25) is 9.59 Å². The molecular weight excluding hydrogens is 302 g/mol. The molecule has 0 radical (unpaired) electrons. The molecule has 5 nitrogen and oxygen atoms in total. The SMILES string of the molecule is N#Cc1ccc(C(=O)N2CCCCCNC(=O)[C@@H]3CCC[C@@H]32)cc1. The lowest BCUT2D eigenvalue weighted by Crippen LogP contribution is -2.48. The van der Waals surface area contributed by atoms with Crippen molar-refractivity contribution in [2.24, 2.45) is 5.92 Å². The summed E-state index contributed by atoms with van der Waals surface area (Å²) in [6.45, 7) is 1.44. The van der Waals surface area contributed by atoms with E-state index in [9.17, 15) is 9.59 Å². The molecule has 126 valence electrons. The molecule has 0 spiro atoms. The fraction of sp³-hybridized carbons (Fsp3) is 0.526. The highest BCUT2D eigenvalue weighted by Crippen LogP contribution is 2.32. The van der Waals surface area contributed by atoms with Crippen LogP contribution in [0.25, 0.3) is 0 Å². The molecular formula is C19H23N3O2. The van der Waals surface area contributed by atoms with Crippen LogP contribution in [0.1, 0.15) is 54.4 Å². The maximum absolute atomic E-state index is 13.0. The van der Waals surface area contributed by atoms with Crippen molar-refractivity contribution < 1.29 is 9.59 Å². The Balaban J connectivity index is 1.84. The van der Waals surface area contributed by atoms with Crippen LogP contribution >= 0.6 is 0 Å². The second-order valence-electron chi connectivity index (χ2n) is 6.64. The van der Waals surface area contributed by atoms with Gasteiger partial charge in [0.15, 0.2) is 0 Å².